The number of esters is 1. The van der Waals surface area contributed by atoms with Crippen LogP contribution in [-0.2, 0) is 9.53 Å². The molecule has 0 aliphatic rings. The maximum atomic E-state index is 11.9. The monoisotopic (exact) mass is 316 g/mol. The molecule has 0 atom stereocenters. The molecule has 2 rings (SSSR count). The Hall–Kier alpha value is -2.34. The van der Waals surface area contributed by atoms with Gasteiger partial charge in [0.15, 0.2) is 5.78 Å². The summed E-state index contributed by atoms with van der Waals surface area (Å²) in [6.45, 7) is 5.24. The number of aryl methyl sites for hydroxylation is 1. The third-order valence-electron chi connectivity index (χ3n) is 2.85. The maximum absolute atomic E-state index is 11.9. The highest BCUT2D eigenvalue weighted by Crippen LogP contribution is 2.27. The Morgan fingerprint density at radius 1 is 1.36 bits per heavy atom. The molecule has 0 unspecified atom stereocenters. The number of hydrogen-bond acceptors (Lipinski definition) is 6. The van der Waals surface area contributed by atoms with Crippen LogP contribution in [0.1, 0.15) is 39.9 Å². The maximum Gasteiger partial charge on any atom is 0.350 e. The Morgan fingerprint density at radius 2 is 2.14 bits per heavy atom. The quantitative estimate of drug-likeness (QED) is 0.626. The molecule has 0 saturated heterocycles. The number of pyridine rings is 1. The third-order valence-corrected chi connectivity index (χ3v) is 4.02. The molecule has 0 aromatic carbocycles. The van der Waals surface area contributed by atoms with Crippen LogP contribution in [0.5, 0.6) is 0 Å². The molecule has 6 heteroatoms. The summed E-state index contributed by atoms with van der Waals surface area (Å²) in [6, 6.07) is 5.45. The molecule has 114 valence electrons. The lowest BCUT2D eigenvalue weighted by Gasteiger charge is -1.99. The summed E-state index contributed by atoms with van der Waals surface area (Å²) in [5, 5.41) is 0.499. The Kier molecular flexibility index (Phi) is 5.16. The van der Waals surface area contributed by atoms with Crippen molar-refractivity contribution in [3.05, 3.63) is 45.7 Å². The summed E-state index contributed by atoms with van der Waals surface area (Å²) in [5.74, 6) is -0.542. The molecule has 5 nitrogen and oxygen atoms in total. The number of ether oxygens (including phenoxy) is 1. The van der Waals surface area contributed by atoms with Crippen LogP contribution >= 0.6 is 11.3 Å². The smallest absolute Gasteiger partial charge is 0.350 e. The van der Waals surface area contributed by atoms with Gasteiger partial charge in [0, 0.05) is 6.20 Å². The van der Waals surface area contributed by atoms with Crippen LogP contribution in [0, 0.1) is 6.92 Å². The molecular formula is C16H16N2O3S. The fourth-order valence-corrected chi connectivity index (χ4v) is 2.84. The third kappa shape index (κ3) is 3.65. The van der Waals surface area contributed by atoms with E-state index in [-0.39, 0.29) is 5.78 Å². The van der Waals surface area contributed by atoms with Crippen molar-refractivity contribution in [2.75, 3.05) is 6.61 Å². The number of nitrogens with zero attached hydrogens (tertiary/aromatic N) is 2. The summed E-state index contributed by atoms with van der Waals surface area (Å²) in [5.41, 5.74) is 1.66. The molecule has 0 radical (unpaired) electrons. The van der Waals surface area contributed by atoms with Gasteiger partial charge in [0.25, 0.3) is 0 Å². The summed E-state index contributed by atoms with van der Waals surface area (Å²) in [7, 11) is 0. The van der Waals surface area contributed by atoms with Crippen molar-refractivity contribution in [2.24, 2.45) is 0 Å². The fourth-order valence-electron chi connectivity index (χ4n) is 1.82. The van der Waals surface area contributed by atoms with Gasteiger partial charge in [-0.05, 0) is 39.0 Å². The molecule has 2 heterocycles. The Balaban J connectivity index is 2.43. The zero-order valence-corrected chi connectivity index (χ0v) is 13.4. The molecule has 0 saturated carbocycles. The summed E-state index contributed by atoms with van der Waals surface area (Å²) in [4.78, 5) is 32.7. The van der Waals surface area contributed by atoms with Gasteiger partial charge in [-0.2, -0.15) is 0 Å². The molecule has 0 aliphatic carbocycles. The Labute approximate surface area is 132 Å². The van der Waals surface area contributed by atoms with E-state index in [1.807, 2.05) is 6.07 Å². The highest BCUT2D eigenvalue weighted by molar-refractivity contribution is 7.15. The van der Waals surface area contributed by atoms with Gasteiger partial charge in [0.1, 0.15) is 9.88 Å². The Morgan fingerprint density at radius 3 is 2.73 bits per heavy atom. The number of carbonyl (C=O) groups is 2. The number of aromatic nitrogens is 2. The van der Waals surface area contributed by atoms with Crippen LogP contribution in [0.2, 0.25) is 0 Å². The van der Waals surface area contributed by atoms with E-state index in [0.717, 1.165) is 11.3 Å². The van der Waals surface area contributed by atoms with Gasteiger partial charge >= 0.3 is 5.97 Å². The molecule has 0 spiro atoms. The lowest BCUT2D eigenvalue weighted by molar-refractivity contribution is -0.111. The first-order valence-corrected chi connectivity index (χ1v) is 7.63. The van der Waals surface area contributed by atoms with Crippen molar-refractivity contribution < 1.29 is 14.3 Å². The predicted octanol–water partition coefficient (Wildman–Crippen LogP) is 3.15. The SMILES string of the molecule is CCOC(=O)c1sc(C(=Cc2ccccn2)C(C)=O)nc1C. The van der Waals surface area contributed by atoms with Crippen LogP contribution in [0.25, 0.3) is 11.6 Å². The minimum atomic E-state index is -0.413. The fraction of sp³-hybridized carbons (Fsp3) is 0.250. The molecule has 22 heavy (non-hydrogen) atoms. The lowest BCUT2D eigenvalue weighted by atomic mass is 10.1. The first-order valence-electron chi connectivity index (χ1n) is 6.81. The van der Waals surface area contributed by atoms with E-state index < -0.39 is 5.97 Å². The second-order valence-electron chi connectivity index (χ2n) is 4.52. The van der Waals surface area contributed by atoms with E-state index in [9.17, 15) is 9.59 Å². The van der Waals surface area contributed by atoms with Crippen LogP contribution in [-0.4, -0.2) is 28.3 Å². The summed E-state index contributed by atoms with van der Waals surface area (Å²) in [6.07, 6.45) is 3.33. The molecule has 0 N–H and O–H groups in total. The lowest BCUT2D eigenvalue weighted by Crippen LogP contribution is -2.03. The number of Topliss-reactive ketones (excluding diaryl/α,β-unsaturated/α-hetero) is 1. The minimum absolute atomic E-state index is 0.130. The highest BCUT2D eigenvalue weighted by atomic mass is 32.1. The number of carbonyl (C=O) groups excluding carboxylic acids is 2. The van der Waals surface area contributed by atoms with Crippen LogP contribution in [0.3, 0.4) is 0 Å². The number of thiazole rings is 1. The van der Waals surface area contributed by atoms with E-state index in [1.54, 1.807) is 38.3 Å². The van der Waals surface area contributed by atoms with E-state index in [4.69, 9.17) is 4.74 Å². The second kappa shape index (κ2) is 7.09. The van der Waals surface area contributed by atoms with Gasteiger partial charge in [-0.1, -0.05) is 6.07 Å². The van der Waals surface area contributed by atoms with Crippen LogP contribution in [0.15, 0.2) is 24.4 Å². The molecular weight excluding hydrogens is 300 g/mol. The second-order valence-corrected chi connectivity index (χ2v) is 5.52. The van der Waals surface area contributed by atoms with Gasteiger partial charge in [-0.25, -0.2) is 9.78 Å². The van der Waals surface area contributed by atoms with E-state index in [2.05, 4.69) is 9.97 Å². The molecule has 0 fully saturated rings. The average Bonchev–Trinajstić information content (AvgIpc) is 2.87. The summed E-state index contributed by atoms with van der Waals surface area (Å²) < 4.78 is 5.00. The molecule has 2 aromatic heterocycles. The zero-order valence-electron chi connectivity index (χ0n) is 12.6. The number of ketones is 1. The minimum Gasteiger partial charge on any atom is -0.462 e. The number of rotatable bonds is 5. The van der Waals surface area contributed by atoms with Gasteiger partial charge in [0.2, 0.25) is 0 Å². The van der Waals surface area contributed by atoms with Crippen molar-refractivity contribution in [3.8, 4) is 0 Å². The number of hydrogen-bond donors (Lipinski definition) is 0. The van der Waals surface area contributed by atoms with Gasteiger partial charge in [0.05, 0.1) is 23.6 Å². The van der Waals surface area contributed by atoms with E-state index in [0.29, 0.717) is 33.5 Å². The van der Waals surface area contributed by atoms with Gasteiger partial charge in [-0.3, -0.25) is 9.78 Å². The topological polar surface area (TPSA) is 69.2 Å². The summed E-state index contributed by atoms with van der Waals surface area (Å²) >= 11 is 1.16. The largest absolute Gasteiger partial charge is 0.462 e. The van der Waals surface area contributed by atoms with Crippen molar-refractivity contribution in [1.82, 2.24) is 9.97 Å². The van der Waals surface area contributed by atoms with E-state index in [1.165, 1.54) is 6.92 Å². The van der Waals surface area contributed by atoms with E-state index >= 15 is 0 Å². The molecule has 0 amide bonds. The zero-order chi connectivity index (χ0) is 16.1. The normalized spacial score (nSPS) is 11.3. The van der Waals surface area contributed by atoms with Crippen molar-refractivity contribution >= 4 is 34.7 Å². The highest BCUT2D eigenvalue weighted by Gasteiger charge is 2.20. The van der Waals surface area contributed by atoms with Crippen molar-refractivity contribution in [2.45, 2.75) is 20.8 Å². The predicted molar refractivity (Wildman–Crippen MR) is 85.6 cm³/mol. The molecule has 0 bridgehead atoms. The van der Waals surface area contributed by atoms with Crippen LogP contribution in [0.4, 0.5) is 0 Å². The van der Waals surface area contributed by atoms with Gasteiger partial charge in [-0.15, -0.1) is 11.3 Å². The standard InChI is InChI=1S/C16H16N2O3S/c1-4-21-16(20)14-10(2)18-15(22-14)13(11(3)19)9-12-7-5-6-8-17-12/h5-9H,4H2,1-3H3. The first-order chi connectivity index (χ1) is 10.5. The average molecular weight is 316 g/mol. The number of allylic oxidation sites excluding steroid dienone is 1. The van der Waals surface area contributed by atoms with Crippen LogP contribution < -0.4 is 0 Å². The molecule has 0 aliphatic heterocycles. The first kappa shape index (κ1) is 16.0. The Bertz CT molecular complexity index is 720. The van der Waals surface area contributed by atoms with Crippen molar-refractivity contribution in [1.29, 1.82) is 0 Å². The van der Waals surface area contributed by atoms with Gasteiger partial charge < -0.3 is 4.74 Å². The van der Waals surface area contributed by atoms with Crippen molar-refractivity contribution in [3.63, 3.8) is 0 Å². The molecule has 2 aromatic rings.